The summed E-state index contributed by atoms with van der Waals surface area (Å²) in [5.74, 6) is 0.494. The Bertz CT molecular complexity index is 145. The number of epoxide rings is 1. The molecule has 1 aliphatic carbocycles. The van der Waals surface area contributed by atoms with Gasteiger partial charge in [-0.3, -0.25) is 0 Å². The topological polar surface area (TPSA) is 53.0 Å². The lowest BCUT2D eigenvalue weighted by molar-refractivity contribution is -0.0291. The van der Waals surface area contributed by atoms with Crippen LogP contribution in [0.2, 0.25) is 0 Å². The molecule has 2 rings (SSSR count). The van der Waals surface area contributed by atoms with Crippen molar-refractivity contribution in [3.63, 3.8) is 0 Å². The van der Waals surface area contributed by atoms with Crippen molar-refractivity contribution in [1.29, 1.82) is 0 Å². The van der Waals surface area contributed by atoms with Crippen molar-refractivity contribution < 1.29 is 14.9 Å². The van der Waals surface area contributed by atoms with Crippen molar-refractivity contribution >= 4 is 0 Å². The Kier molecular flexibility index (Phi) is 4.16. The van der Waals surface area contributed by atoms with Gasteiger partial charge in [-0.25, -0.2) is 0 Å². The molecule has 1 heterocycles. The Hall–Kier alpha value is -0.120. The van der Waals surface area contributed by atoms with Gasteiger partial charge in [0.1, 0.15) is 0 Å². The van der Waals surface area contributed by atoms with Gasteiger partial charge >= 0.3 is 0 Å². The van der Waals surface area contributed by atoms with Crippen molar-refractivity contribution in [2.45, 2.75) is 51.4 Å². The van der Waals surface area contributed by atoms with Gasteiger partial charge < -0.3 is 14.9 Å². The lowest BCUT2D eigenvalue weighted by atomic mass is 9.83. The Morgan fingerprint density at radius 2 is 1.69 bits per heavy atom. The fourth-order valence-corrected chi connectivity index (χ4v) is 1.83. The van der Waals surface area contributed by atoms with E-state index in [2.05, 4.69) is 0 Å². The second kappa shape index (κ2) is 4.94. The van der Waals surface area contributed by atoms with E-state index in [-0.39, 0.29) is 0 Å². The molecule has 1 saturated carbocycles. The molecule has 0 aromatic rings. The quantitative estimate of drug-likeness (QED) is 0.602. The van der Waals surface area contributed by atoms with E-state index in [1.807, 2.05) is 13.8 Å². The second-order valence-corrected chi connectivity index (χ2v) is 3.58. The number of hydrogen-bond acceptors (Lipinski definition) is 3. The van der Waals surface area contributed by atoms with Crippen LogP contribution in [0, 0.1) is 5.92 Å². The zero-order valence-electron chi connectivity index (χ0n) is 8.44. The third kappa shape index (κ3) is 2.93. The van der Waals surface area contributed by atoms with Gasteiger partial charge in [0.15, 0.2) is 0 Å². The first-order chi connectivity index (χ1) is 6.27. The maximum atomic E-state index is 9.32. The molecule has 2 aliphatic rings. The van der Waals surface area contributed by atoms with Gasteiger partial charge in [-0.15, -0.1) is 0 Å². The highest BCUT2D eigenvalue weighted by atomic mass is 16.6. The SMILES string of the molecule is CC.OC1CCC(C2CO2)CC1O. The van der Waals surface area contributed by atoms with Crippen molar-refractivity contribution in [3.8, 4) is 0 Å². The molecule has 0 amide bonds. The first kappa shape index (κ1) is 11.0. The molecule has 2 fully saturated rings. The highest BCUT2D eigenvalue weighted by molar-refractivity contribution is 4.87. The Morgan fingerprint density at radius 3 is 2.15 bits per heavy atom. The third-order valence-corrected chi connectivity index (χ3v) is 2.71. The van der Waals surface area contributed by atoms with Crippen molar-refractivity contribution in [2.75, 3.05) is 6.61 Å². The molecule has 4 unspecified atom stereocenters. The molecule has 1 aliphatic heterocycles. The van der Waals surface area contributed by atoms with Gasteiger partial charge in [0.05, 0.1) is 24.9 Å². The number of aliphatic hydroxyl groups is 2. The molecule has 0 spiro atoms. The maximum Gasteiger partial charge on any atom is 0.0839 e. The summed E-state index contributed by atoms with van der Waals surface area (Å²) in [6.07, 6.45) is 1.82. The van der Waals surface area contributed by atoms with Gasteiger partial charge in [-0.2, -0.15) is 0 Å². The number of ether oxygens (including phenoxy) is 1. The van der Waals surface area contributed by atoms with Crippen LogP contribution in [-0.4, -0.2) is 35.1 Å². The molecule has 0 aromatic heterocycles. The third-order valence-electron chi connectivity index (χ3n) is 2.71. The molecule has 0 aromatic carbocycles. The Balaban J connectivity index is 0.000000396. The van der Waals surface area contributed by atoms with Crippen LogP contribution < -0.4 is 0 Å². The van der Waals surface area contributed by atoms with Crippen molar-refractivity contribution in [2.24, 2.45) is 5.92 Å². The summed E-state index contributed by atoms with van der Waals surface area (Å²) in [6, 6.07) is 0. The summed E-state index contributed by atoms with van der Waals surface area (Å²) in [4.78, 5) is 0. The molecule has 13 heavy (non-hydrogen) atoms. The highest BCUT2D eigenvalue weighted by Gasteiger charge is 2.38. The minimum atomic E-state index is -0.516. The maximum absolute atomic E-state index is 9.32. The summed E-state index contributed by atoms with van der Waals surface area (Å²) < 4.78 is 5.14. The van der Waals surface area contributed by atoms with Crippen molar-refractivity contribution in [1.82, 2.24) is 0 Å². The second-order valence-electron chi connectivity index (χ2n) is 3.58. The zero-order valence-corrected chi connectivity index (χ0v) is 8.44. The minimum absolute atomic E-state index is 0.386. The van der Waals surface area contributed by atoms with Crippen LogP contribution in [0.3, 0.4) is 0 Å². The molecular formula is C10H20O3. The molecular weight excluding hydrogens is 168 g/mol. The molecule has 3 nitrogen and oxygen atoms in total. The number of aliphatic hydroxyl groups excluding tert-OH is 2. The van der Waals surface area contributed by atoms with Crippen LogP contribution in [0.1, 0.15) is 33.1 Å². The zero-order chi connectivity index (χ0) is 9.84. The van der Waals surface area contributed by atoms with E-state index in [0.717, 1.165) is 19.4 Å². The standard InChI is InChI=1S/C8H14O3.C2H6/c9-6-2-1-5(3-7(6)10)8-4-11-8;1-2/h5-10H,1-4H2;1-2H3. The van der Waals surface area contributed by atoms with Gasteiger partial charge in [0.25, 0.3) is 0 Å². The predicted molar refractivity (Wildman–Crippen MR) is 50.4 cm³/mol. The van der Waals surface area contributed by atoms with Crippen LogP contribution in [0.4, 0.5) is 0 Å². The van der Waals surface area contributed by atoms with E-state index in [9.17, 15) is 10.2 Å². The average molecular weight is 188 g/mol. The summed E-state index contributed by atoms with van der Waals surface area (Å²) in [5.41, 5.74) is 0. The van der Waals surface area contributed by atoms with Crippen LogP contribution in [0.15, 0.2) is 0 Å². The molecule has 0 radical (unpaired) electrons. The summed E-state index contributed by atoms with van der Waals surface area (Å²) in [6.45, 7) is 4.85. The van der Waals surface area contributed by atoms with E-state index in [0.29, 0.717) is 18.4 Å². The van der Waals surface area contributed by atoms with E-state index in [1.165, 1.54) is 0 Å². The van der Waals surface area contributed by atoms with Crippen LogP contribution in [-0.2, 0) is 4.74 Å². The number of rotatable bonds is 1. The number of hydrogen-bond donors (Lipinski definition) is 2. The lowest BCUT2D eigenvalue weighted by Gasteiger charge is -2.28. The van der Waals surface area contributed by atoms with E-state index in [1.54, 1.807) is 0 Å². The Labute approximate surface area is 79.7 Å². The molecule has 78 valence electrons. The molecule has 1 saturated heterocycles. The summed E-state index contributed by atoms with van der Waals surface area (Å²) >= 11 is 0. The summed E-state index contributed by atoms with van der Waals surface area (Å²) in [7, 11) is 0. The van der Waals surface area contributed by atoms with E-state index < -0.39 is 12.2 Å². The van der Waals surface area contributed by atoms with Crippen LogP contribution in [0.25, 0.3) is 0 Å². The predicted octanol–water partition coefficient (Wildman–Crippen LogP) is 0.933. The van der Waals surface area contributed by atoms with Gasteiger partial charge in [0.2, 0.25) is 0 Å². The molecule has 4 atom stereocenters. The highest BCUT2D eigenvalue weighted by Crippen LogP contribution is 2.33. The lowest BCUT2D eigenvalue weighted by Crippen LogP contribution is -2.35. The Morgan fingerprint density at radius 1 is 1.08 bits per heavy atom. The van der Waals surface area contributed by atoms with Gasteiger partial charge in [-0.05, 0) is 25.2 Å². The monoisotopic (exact) mass is 188 g/mol. The first-order valence-corrected chi connectivity index (χ1v) is 5.25. The van der Waals surface area contributed by atoms with Crippen LogP contribution >= 0.6 is 0 Å². The van der Waals surface area contributed by atoms with Gasteiger partial charge in [0, 0.05) is 0 Å². The molecule has 2 N–H and O–H groups in total. The van der Waals surface area contributed by atoms with E-state index >= 15 is 0 Å². The van der Waals surface area contributed by atoms with Gasteiger partial charge in [-0.1, -0.05) is 13.8 Å². The smallest absolute Gasteiger partial charge is 0.0839 e. The molecule has 0 bridgehead atoms. The summed E-state index contributed by atoms with van der Waals surface area (Å²) in [5, 5.41) is 18.5. The largest absolute Gasteiger partial charge is 0.390 e. The first-order valence-electron chi connectivity index (χ1n) is 5.25. The fourth-order valence-electron chi connectivity index (χ4n) is 1.83. The van der Waals surface area contributed by atoms with Crippen LogP contribution in [0.5, 0.6) is 0 Å². The normalized spacial score (nSPS) is 43.4. The molecule has 3 heteroatoms. The fraction of sp³-hybridized carbons (Fsp3) is 1.00. The average Bonchev–Trinajstić information content (AvgIpc) is 2.96. The van der Waals surface area contributed by atoms with E-state index in [4.69, 9.17) is 4.74 Å². The van der Waals surface area contributed by atoms with Crippen molar-refractivity contribution in [3.05, 3.63) is 0 Å². The minimum Gasteiger partial charge on any atom is -0.390 e.